The van der Waals surface area contributed by atoms with Gasteiger partial charge in [-0.1, -0.05) is 24.3 Å². The molecule has 2 aromatic carbocycles. The molecule has 0 radical (unpaired) electrons. The third-order valence-electron chi connectivity index (χ3n) is 5.07. The summed E-state index contributed by atoms with van der Waals surface area (Å²) in [5.41, 5.74) is 2.26. The van der Waals surface area contributed by atoms with Gasteiger partial charge in [-0.05, 0) is 81.1 Å². The Morgan fingerprint density at radius 2 is 1.71 bits per heavy atom. The van der Waals surface area contributed by atoms with Crippen molar-refractivity contribution in [2.24, 2.45) is 0 Å². The number of nitrogens with zero attached hydrogens (tertiary/aromatic N) is 1. The lowest BCUT2D eigenvalue weighted by molar-refractivity contribution is 0.216. The van der Waals surface area contributed by atoms with Gasteiger partial charge in [0.1, 0.15) is 18.2 Å². The van der Waals surface area contributed by atoms with Gasteiger partial charge < -0.3 is 9.64 Å². The summed E-state index contributed by atoms with van der Waals surface area (Å²) in [6.45, 7) is 0.394. The highest BCUT2D eigenvalue weighted by Gasteiger charge is 2.23. The Morgan fingerprint density at radius 3 is 2.33 bits per heavy atom. The normalized spacial score (nSPS) is 21.0. The molecule has 3 heteroatoms. The molecular formula is C21H26FNO. The van der Waals surface area contributed by atoms with E-state index < -0.39 is 0 Å². The Morgan fingerprint density at radius 1 is 1.00 bits per heavy atom. The standard InChI is InChI=1S/C21H26FNO/c1-23(2)20-10-6-17(7-11-20)18-8-12-21(13-9-18)24-15-16-4-3-5-19(22)14-16/h3-5,8-9,12-14,17,20H,6-7,10-11,15H2,1-2H3. The molecule has 2 aromatic rings. The first-order valence-electron chi connectivity index (χ1n) is 8.75. The average molecular weight is 327 g/mol. The molecule has 0 heterocycles. The first-order chi connectivity index (χ1) is 11.6. The molecule has 0 saturated heterocycles. The molecule has 0 amide bonds. The van der Waals surface area contributed by atoms with Gasteiger partial charge >= 0.3 is 0 Å². The Balaban J connectivity index is 1.54. The summed E-state index contributed by atoms with van der Waals surface area (Å²) in [5, 5.41) is 0. The summed E-state index contributed by atoms with van der Waals surface area (Å²) in [5.74, 6) is 1.28. The summed E-state index contributed by atoms with van der Waals surface area (Å²) in [7, 11) is 4.35. The van der Waals surface area contributed by atoms with E-state index in [-0.39, 0.29) is 5.82 Å². The molecule has 128 valence electrons. The predicted molar refractivity (Wildman–Crippen MR) is 95.9 cm³/mol. The topological polar surface area (TPSA) is 12.5 Å². The second-order valence-corrected chi connectivity index (χ2v) is 6.96. The van der Waals surface area contributed by atoms with Crippen molar-refractivity contribution in [3.05, 3.63) is 65.5 Å². The molecule has 1 aliphatic rings. The van der Waals surface area contributed by atoms with Crippen LogP contribution in [-0.4, -0.2) is 25.0 Å². The zero-order chi connectivity index (χ0) is 16.9. The quantitative estimate of drug-likeness (QED) is 0.767. The number of hydrogen-bond donors (Lipinski definition) is 0. The monoisotopic (exact) mass is 327 g/mol. The van der Waals surface area contributed by atoms with Crippen molar-refractivity contribution in [2.75, 3.05) is 14.1 Å². The average Bonchev–Trinajstić information content (AvgIpc) is 2.61. The largest absolute Gasteiger partial charge is 0.489 e. The molecule has 0 spiro atoms. The number of halogens is 1. The maximum atomic E-state index is 13.2. The van der Waals surface area contributed by atoms with Gasteiger partial charge in [0, 0.05) is 6.04 Å². The molecule has 0 bridgehead atoms. The van der Waals surface area contributed by atoms with Crippen LogP contribution in [0.1, 0.15) is 42.7 Å². The van der Waals surface area contributed by atoms with Gasteiger partial charge in [0.15, 0.2) is 0 Å². The van der Waals surface area contributed by atoms with Crippen molar-refractivity contribution in [1.29, 1.82) is 0 Å². The Bertz CT molecular complexity index is 645. The molecule has 0 unspecified atom stereocenters. The smallest absolute Gasteiger partial charge is 0.123 e. The molecule has 1 aliphatic carbocycles. The van der Waals surface area contributed by atoms with Crippen molar-refractivity contribution in [1.82, 2.24) is 4.90 Å². The Kier molecular flexibility index (Phi) is 5.52. The number of rotatable bonds is 5. The number of hydrogen-bond acceptors (Lipinski definition) is 2. The fraction of sp³-hybridized carbons (Fsp3) is 0.429. The van der Waals surface area contributed by atoms with Crippen LogP contribution in [0.25, 0.3) is 0 Å². The van der Waals surface area contributed by atoms with E-state index in [0.717, 1.165) is 17.4 Å². The van der Waals surface area contributed by atoms with E-state index in [9.17, 15) is 4.39 Å². The van der Waals surface area contributed by atoms with Crippen LogP contribution in [0.3, 0.4) is 0 Å². The molecule has 0 N–H and O–H groups in total. The lowest BCUT2D eigenvalue weighted by Gasteiger charge is -2.32. The van der Waals surface area contributed by atoms with E-state index in [1.165, 1.54) is 43.4 Å². The number of ether oxygens (including phenoxy) is 1. The van der Waals surface area contributed by atoms with Gasteiger partial charge in [-0.3, -0.25) is 0 Å². The van der Waals surface area contributed by atoms with E-state index in [2.05, 4.69) is 31.1 Å². The van der Waals surface area contributed by atoms with Crippen LogP contribution in [0.4, 0.5) is 4.39 Å². The molecular weight excluding hydrogens is 301 g/mol. The fourth-order valence-corrected chi connectivity index (χ4v) is 3.56. The summed E-state index contributed by atoms with van der Waals surface area (Å²) in [6.07, 6.45) is 5.06. The van der Waals surface area contributed by atoms with Crippen molar-refractivity contribution < 1.29 is 9.13 Å². The van der Waals surface area contributed by atoms with Crippen LogP contribution < -0.4 is 4.74 Å². The van der Waals surface area contributed by atoms with Crippen molar-refractivity contribution >= 4 is 0 Å². The van der Waals surface area contributed by atoms with Gasteiger partial charge in [-0.2, -0.15) is 0 Å². The van der Waals surface area contributed by atoms with E-state index in [1.807, 2.05) is 18.2 Å². The van der Waals surface area contributed by atoms with Crippen LogP contribution in [0.5, 0.6) is 5.75 Å². The molecule has 2 nitrogen and oxygen atoms in total. The minimum absolute atomic E-state index is 0.222. The van der Waals surface area contributed by atoms with Gasteiger partial charge in [0.05, 0.1) is 0 Å². The lowest BCUT2D eigenvalue weighted by atomic mass is 9.81. The maximum Gasteiger partial charge on any atom is 0.123 e. The van der Waals surface area contributed by atoms with Gasteiger partial charge in [0.2, 0.25) is 0 Å². The van der Waals surface area contributed by atoms with Crippen LogP contribution >= 0.6 is 0 Å². The van der Waals surface area contributed by atoms with Gasteiger partial charge in [0.25, 0.3) is 0 Å². The van der Waals surface area contributed by atoms with E-state index in [0.29, 0.717) is 12.5 Å². The van der Waals surface area contributed by atoms with E-state index in [4.69, 9.17) is 4.74 Å². The third-order valence-corrected chi connectivity index (χ3v) is 5.07. The van der Waals surface area contributed by atoms with Gasteiger partial charge in [-0.25, -0.2) is 4.39 Å². The highest BCUT2D eigenvalue weighted by molar-refractivity contribution is 5.30. The molecule has 24 heavy (non-hydrogen) atoms. The van der Waals surface area contributed by atoms with Crippen molar-refractivity contribution in [2.45, 2.75) is 44.2 Å². The predicted octanol–water partition coefficient (Wildman–Crippen LogP) is 4.99. The zero-order valence-electron chi connectivity index (χ0n) is 14.5. The zero-order valence-corrected chi connectivity index (χ0v) is 14.5. The van der Waals surface area contributed by atoms with Crippen LogP contribution in [-0.2, 0) is 6.61 Å². The minimum Gasteiger partial charge on any atom is -0.489 e. The highest BCUT2D eigenvalue weighted by Crippen LogP contribution is 2.34. The summed E-state index contributed by atoms with van der Waals surface area (Å²) < 4.78 is 18.9. The van der Waals surface area contributed by atoms with Crippen molar-refractivity contribution in [3.63, 3.8) is 0 Å². The molecule has 1 fully saturated rings. The molecule has 3 rings (SSSR count). The van der Waals surface area contributed by atoms with E-state index in [1.54, 1.807) is 6.07 Å². The van der Waals surface area contributed by atoms with Crippen molar-refractivity contribution in [3.8, 4) is 5.75 Å². The summed E-state index contributed by atoms with van der Waals surface area (Å²) >= 11 is 0. The second-order valence-electron chi connectivity index (χ2n) is 6.96. The second kappa shape index (κ2) is 7.80. The lowest BCUT2D eigenvalue weighted by Crippen LogP contribution is -2.31. The molecule has 0 aromatic heterocycles. The van der Waals surface area contributed by atoms with E-state index >= 15 is 0 Å². The maximum absolute atomic E-state index is 13.2. The fourth-order valence-electron chi connectivity index (χ4n) is 3.56. The van der Waals surface area contributed by atoms with Crippen LogP contribution in [0.2, 0.25) is 0 Å². The Hall–Kier alpha value is -1.87. The van der Waals surface area contributed by atoms with Gasteiger partial charge in [-0.15, -0.1) is 0 Å². The number of benzene rings is 2. The Labute approximate surface area is 144 Å². The third kappa shape index (κ3) is 4.35. The minimum atomic E-state index is -0.222. The molecule has 0 atom stereocenters. The molecule has 1 saturated carbocycles. The first kappa shape index (κ1) is 17.0. The first-order valence-corrected chi connectivity index (χ1v) is 8.75. The molecule has 0 aliphatic heterocycles. The van der Waals surface area contributed by atoms with Crippen LogP contribution in [0.15, 0.2) is 48.5 Å². The van der Waals surface area contributed by atoms with Crippen LogP contribution in [0, 0.1) is 5.82 Å². The summed E-state index contributed by atoms with van der Waals surface area (Å²) in [4.78, 5) is 2.35. The highest BCUT2D eigenvalue weighted by atomic mass is 19.1. The summed E-state index contributed by atoms with van der Waals surface area (Å²) in [6, 6.07) is 15.7. The SMILES string of the molecule is CN(C)C1CCC(c2ccc(OCc3cccc(F)c3)cc2)CC1.